The van der Waals surface area contributed by atoms with Gasteiger partial charge in [0, 0.05) is 5.39 Å². The third kappa shape index (κ3) is 1.28. The molecule has 0 saturated heterocycles. The van der Waals surface area contributed by atoms with Gasteiger partial charge in [0.05, 0.1) is 27.7 Å². The minimum absolute atomic E-state index is 0.184. The quantitative estimate of drug-likeness (QED) is 0.643. The largest absolute Gasteiger partial charge is 0.300 e. The summed E-state index contributed by atoms with van der Waals surface area (Å²) in [5.41, 5.74) is 9.76. The summed E-state index contributed by atoms with van der Waals surface area (Å²) in [6, 6.07) is 11.5. The smallest absolute Gasteiger partial charge is 0.278 e. The number of hydrazine groups is 1. The van der Waals surface area contributed by atoms with Gasteiger partial charge >= 0.3 is 0 Å². The Morgan fingerprint density at radius 1 is 1.00 bits per heavy atom. The average Bonchev–Trinajstić information content (AvgIpc) is 2.80. The van der Waals surface area contributed by atoms with Crippen molar-refractivity contribution in [2.45, 2.75) is 6.92 Å². The van der Waals surface area contributed by atoms with Gasteiger partial charge < -0.3 is 5.43 Å². The van der Waals surface area contributed by atoms with Crippen LogP contribution in [0.25, 0.3) is 21.7 Å². The zero-order valence-electron chi connectivity index (χ0n) is 10.3. The van der Waals surface area contributed by atoms with Gasteiger partial charge in [-0.3, -0.25) is 10.2 Å². The van der Waals surface area contributed by atoms with E-state index in [9.17, 15) is 4.79 Å². The monoisotopic (exact) mass is 249 g/mol. The second-order valence-electron chi connectivity index (χ2n) is 4.74. The van der Waals surface area contributed by atoms with Crippen LogP contribution in [0.5, 0.6) is 0 Å². The molecule has 2 aromatic carbocycles. The highest BCUT2D eigenvalue weighted by molar-refractivity contribution is 6.14. The van der Waals surface area contributed by atoms with Gasteiger partial charge in [0.15, 0.2) is 0 Å². The lowest BCUT2D eigenvalue weighted by Crippen LogP contribution is -2.05. The van der Waals surface area contributed by atoms with E-state index in [0.717, 1.165) is 33.2 Å². The molecule has 0 saturated carbocycles. The summed E-state index contributed by atoms with van der Waals surface area (Å²) in [7, 11) is 0. The summed E-state index contributed by atoms with van der Waals surface area (Å²) in [5, 5.41) is 2.51. The Kier molecular flexibility index (Phi) is 1.87. The molecule has 4 rings (SSSR count). The van der Waals surface area contributed by atoms with Crippen molar-refractivity contribution in [2.24, 2.45) is 0 Å². The van der Waals surface area contributed by atoms with E-state index < -0.39 is 0 Å². The van der Waals surface area contributed by atoms with E-state index in [-0.39, 0.29) is 5.56 Å². The zero-order chi connectivity index (χ0) is 13.0. The van der Waals surface area contributed by atoms with Gasteiger partial charge in [-0.15, -0.1) is 0 Å². The SMILES string of the molecule is Cc1ccc2c3c(c4ccccc4c(=O)nc13)NN2. The predicted octanol–water partition coefficient (Wildman–Crippen LogP) is 2.81. The average molecular weight is 249 g/mol. The van der Waals surface area contributed by atoms with Crippen LogP contribution in [0.4, 0.5) is 11.4 Å². The van der Waals surface area contributed by atoms with Crippen molar-refractivity contribution in [3.8, 4) is 0 Å². The maximum absolute atomic E-state index is 12.3. The van der Waals surface area contributed by atoms with Crippen LogP contribution in [0.15, 0.2) is 41.2 Å². The number of benzene rings is 2. The van der Waals surface area contributed by atoms with E-state index in [1.54, 1.807) is 0 Å². The van der Waals surface area contributed by atoms with E-state index in [1.165, 1.54) is 0 Å². The Bertz CT molecular complexity index is 903. The van der Waals surface area contributed by atoms with Gasteiger partial charge in [0.25, 0.3) is 5.56 Å². The molecular formula is C15H11N3O. The van der Waals surface area contributed by atoms with Crippen molar-refractivity contribution in [2.75, 3.05) is 10.9 Å². The lowest BCUT2D eigenvalue weighted by Gasteiger charge is -2.00. The minimum atomic E-state index is -0.184. The third-order valence-corrected chi connectivity index (χ3v) is 3.59. The molecule has 0 unspecified atom stereocenters. The Morgan fingerprint density at radius 2 is 1.79 bits per heavy atom. The molecule has 0 atom stereocenters. The number of aromatic nitrogens is 1. The highest BCUT2D eigenvalue weighted by Crippen LogP contribution is 2.38. The van der Waals surface area contributed by atoms with Crippen molar-refractivity contribution in [3.05, 3.63) is 52.3 Å². The fourth-order valence-corrected chi connectivity index (χ4v) is 2.64. The minimum Gasteiger partial charge on any atom is -0.300 e. The van der Waals surface area contributed by atoms with Crippen LogP contribution >= 0.6 is 0 Å². The van der Waals surface area contributed by atoms with Gasteiger partial charge in [0.1, 0.15) is 0 Å². The van der Waals surface area contributed by atoms with Gasteiger partial charge in [-0.25, -0.2) is 4.98 Å². The van der Waals surface area contributed by atoms with Crippen LogP contribution in [0, 0.1) is 6.92 Å². The molecule has 1 aromatic heterocycles. The Hall–Kier alpha value is -2.62. The molecule has 92 valence electrons. The predicted molar refractivity (Wildman–Crippen MR) is 77.5 cm³/mol. The van der Waals surface area contributed by atoms with Crippen molar-refractivity contribution in [1.82, 2.24) is 4.98 Å². The fraction of sp³-hybridized carbons (Fsp3) is 0.0667. The molecule has 0 aliphatic carbocycles. The second-order valence-corrected chi connectivity index (χ2v) is 4.74. The standard InChI is InChI=1S/C15H11N3O/c1-8-6-7-11-12-13(8)16-15(19)10-5-3-2-4-9(10)14(12)18-17-11/h2-7,17-18H,1H3. The van der Waals surface area contributed by atoms with Gasteiger partial charge in [-0.1, -0.05) is 24.3 Å². The Balaban J connectivity index is 2.43. The van der Waals surface area contributed by atoms with Crippen LogP contribution in [-0.2, 0) is 0 Å². The molecule has 1 aliphatic rings. The van der Waals surface area contributed by atoms with Crippen LogP contribution in [0.3, 0.4) is 0 Å². The number of hydrogen-bond acceptors (Lipinski definition) is 4. The van der Waals surface area contributed by atoms with Crippen LogP contribution < -0.4 is 16.4 Å². The molecule has 2 N–H and O–H groups in total. The summed E-state index contributed by atoms with van der Waals surface area (Å²) in [6.45, 7) is 1.97. The molecule has 1 aliphatic heterocycles. The molecule has 4 nitrogen and oxygen atoms in total. The van der Waals surface area contributed by atoms with E-state index >= 15 is 0 Å². The maximum Gasteiger partial charge on any atom is 0.278 e. The number of fused-ring (bicyclic) bond motifs is 2. The van der Waals surface area contributed by atoms with Crippen LogP contribution in [0.2, 0.25) is 0 Å². The van der Waals surface area contributed by atoms with E-state index in [2.05, 4.69) is 15.8 Å². The van der Waals surface area contributed by atoms with Crippen molar-refractivity contribution >= 4 is 33.1 Å². The van der Waals surface area contributed by atoms with Crippen molar-refractivity contribution in [1.29, 1.82) is 0 Å². The Labute approximate surface area is 109 Å². The first-order valence-corrected chi connectivity index (χ1v) is 6.14. The van der Waals surface area contributed by atoms with Crippen LogP contribution in [0.1, 0.15) is 5.56 Å². The lowest BCUT2D eigenvalue weighted by molar-refractivity contribution is 1.33. The zero-order valence-corrected chi connectivity index (χ0v) is 10.3. The summed E-state index contributed by atoms with van der Waals surface area (Å²) in [5.74, 6) is 0. The highest BCUT2D eigenvalue weighted by atomic mass is 16.1. The number of nitrogens with zero attached hydrogens (tertiary/aromatic N) is 1. The van der Waals surface area contributed by atoms with E-state index in [1.807, 2.05) is 43.3 Å². The molecule has 0 radical (unpaired) electrons. The molecule has 4 heteroatoms. The fourth-order valence-electron chi connectivity index (χ4n) is 2.64. The first-order chi connectivity index (χ1) is 9.25. The van der Waals surface area contributed by atoms with E-state index in [0.29, 0.717) is 5.39 Å². The van der Waals surface area contributed by atoms with Gasteiger partial charge in [-0.2, -0.15) is 0 Å². The lowest BCUT2D eigenvalue weighted by atomic mass is 10.1. The number of aryl methyl sites for hydroxylation is 1. The normalized spacial score (nSPS) is 12.5. The molecule has 0 fully saturated rings. The maximum atomic E-state index is 12.3. The first-order valence-electron chi connectivity index (χ1n) is 6.14. The Morgan fingerprint density at radius 3 is 2.63 bits per heavy atom. The van der Waals surface area contributed by atoms with E-state index in [4.69, 9.17) is 0 Å². The summed E-state index contributed by atoms with van der Waals surface area (Å²) < 4.78 is 0. The third-order valence-electron chi connectivity index (χ3n) is 3.59. The summed E-state index contributed by atoms with van der Waals surface area (Å²) in [6.07, 6.45) is 0. The van der Waals surface area contributed by atoms with Gasteiger partial charge in [-0.05, 0) is 24.6 Å². The van der Waals surface area contributed by atoms with Crippen LogP contribution in [-0.4, -0.2) is 4.98 Å². The molecule has 19 heavy (non-hydrogen) atoms. The molecule has 0 bridgehead atoms. The van der Waals surface area contributed by atoms with Gasteiger partial charge in [0.2, 0.25) is 0 Å². The first kappa shape index (κ1) is 10.3. The number of anilines is 2. The number of nitrogens with one attached hydrogen (secondary N) is 2. The number of rotatable bonds is 0. The number of hydrogen-bond donors (Lipinski definition) is 2. The second kappa shape index (κ2) is 3.45. The summed E-state index contributed by atoms with van der Waals surface area (Å²) in [4.78, 5) is 16.6. The molecule has 0 amide bonds. The molecule has 3 aromatic rings. The molecule has 2 heterocycles. The topological polar surface area (TPSA) is 54.0 Å². The molecule has 0 spiro atoms. The highest BCUT2D eigenvalue weighted by Gasteiger charge is 2.18. The summed E-state index contributed by atoms with van der Waals surface area (Å²) >= 11 is 0. The molecular weight excluding hydrogens is 238 g/mol. The van der Waals surface area contributed by atoms with Crippen molar-refractivity contribution in [3.63, 3.8) is 0 Å². The van der Waals surface area contributed by atoms with Crippen molar-refractivity contribution < 1.29 is 0 Å².